The molecule has 4 rings (SSSR count). The van der Waals surface area contributed by atoms with E-state index in [0.717, 1.165) is 12.3 Å². The molecule has 3 nitrogen and oxygen atoms in total. The number of rotatable bonds is 4. The van der Waals surface area contributed by atoms with Crippen molar-refractivity contribution < 1.29 is 0 Å². The molecule has 1 aromatic heterocycles. The fraction of sp³-hybridized carbons (Fsp3) is 0.571. The highest BCUT2D eigenvalue weighted by Crippen LogP contribution is 2.36. The van der Waals surface area contributed by atoms with Crippen LogP contribution >= 0.6 is 0 Å². The molecule has 0 saturated heterocycles. The van der Waals surface area contributed by atoms with E-state index >= 15 is 0 Å². The molecule has 24 heavy (non-hydrogen) atoms. The Morgan fingerprint density at radius 3 is 2.83 bits per heavy atom. The third kappa shape index (κ3) is 3.41. The molecule has 128 valence electrons. The molecule has 0 bridgehead atoms. The summed E-state index contributed by atoms with van der Waals surface area (Å²) in [4.78, 5) is 0. The van der Waals surface area contributed by atoms with Gasteiger partial charge in [0.2, 0.25) is 0 Å². The summed E-state index contributed by atoms with van der Waals surface area (Å²) in [5.41, 5.74) is 12.0. The van der Waals surface area contributed by atoms with Gasteiger partial charge in [0.25, 0.3) is 0 Å². The van der Waals surface area contributed by atoms with Crippen molar-refractivity contribution in [3.8, 4) is 0 Å². The van der Waals surface area contributed by atoms with E-state index in [1.54, 1.807) is 11.1 Å². The van der Waals surface area contributed by atoms with Crippen molar-refractivity contribution >= 4 is 0 Å². The average molecular weight is 323 g/mol. The minimum Gasteiger partial charge on any atom is -0.328 e. The lowest BCUT2D eigenvalue weighted by Crippen LogP contribution is -2.16. The molecule has 2 aliphatic rings. The Labute approximate surface area is 145 Å². The molecule has 0 aliphatic heterocycles. The predicted molar refractivity (Wildman–Crippen MR) is 98.1 cm³/mol. The zero-order chi connectivity index (χ0) is 16.5. The summed E-state index contributed by atoms with van der Waals surface area (Å²) in [6.45, 7) is 0. The number of nitrogens with zero attached hydrogens (tertiary/aromatic N) is 2. The summed E-state index contributed by atoms with van der Waals surface area (Å²) in [7, 11) is 2.00. The zero-order valence-corrected chi connectivity index (χ0v) is 14.7. The average Bonchev–Trinajstić information content (AvgIpc) is 3.20. The van der Waals surface area contributed by atoms with Crippen LogP contribution in [0.1, 0.15) is 60.4 Å². The normalized spacial score (nSPS) is 26.5. The molecule has 0 radical (unpaired) electrons. The lowest BCUT2D eigenvalue weighted by molar-refractivity contribution is 0.424. The molecular formula is C21H29N3. The van der Waals surface area contributed by atoms with Crippen LogP contribution in [0.5, 0.6) is 0 Å². The second-order valence-corrected chi connectivity index (χ2v) is 7.93. The Kier molecular flexibility index (Phi) is 4.45. The smallest absolute Gasteiger partial charge is 0.0624 e. The molecule has 1 heterocycles. The first-order valence-corrected chi connectivity index (χ1v) is 9.53. The highest BCUT2D eigenvalue weighted by molar-refractivity contribution is 5.36. The molecule has 1 aromatic carbocycles. The van der Waals surface area contributed by atoms with Crippen LogP contribution in [0.15, 0.2) is 30.5 Å². The number of aromatic nitrogens is 2. The number of hydrogen-bond acceptors (Lipinski definition) is 2. The van der Waals surface area contributed by atoms with Crippen molar-refractivity contribution in [3.63, 3.8) is 0 Å². The second kappa shape index (κ2) is 6.72. The number of fused-ring (bicyclic) bond motifs is 1. The first-order chi connectivity index (χ1) is 11.7. The maximum atomic E-state index is 6.09. The van der Waals surface area contributed by atoms with Gasteiger partial charge in [-0.15, -0.1) is 0 Å². The van der Waals surface area contributed by atoms with Crippen LogP contribution < -0.4 is 5.73 Å². The van der Waals surface area contributed by atoms with E-state index in [2.05, 4.69) is 29.4 Å². The van der Waals surface area contributed by atoms with E-state index in [9.17, 15) is 0 Å². The quantitative estimate of drug-likeness (QED) is 0.931. The van der Waals surface area contributed by atoms with Gasteiger partial charge in [0.1, 0.15) is 0 Å². The van der Waals surface area contributed by atoms with Crippen LogP contribution in [0.4, 0.5) is 0 Å². The van der Waals surface area contributed by atoms with Crippen LogP contribution in [0, 0.1) is 5.92 Å². The van der Waals surface area contributed by atoms with Crippen LogP contribution in [0.25, 0.3) is 0 Å². The molecule has 3 heteroatoms. The van der Waals surface area contributed by atoms with Crippen LogP contribution in [-0.2, 0) is 26.3 Å². The van der Waals surface area contributed by atoms with Crippen molar-refractivity contribution in [2.24, 2.45) is 18.7 Å². The van der Waals surface area contributed by atoms with Gasteiger partial charge in [-0.3, -0.25) is 4.68 Å². The van der Waals surface area contributed by atoms with Gasteiger partial charge < -0.3 is 5.73 Å². The number of aryl methyl sites for hydroxylation is 3. The van der Waals surface area contributed by atoms with Gasteiger partial charge >= 0.3 is 0 Å². The highest BCUT2D eigenvalue weighted by atomic mass is 15.2. The Balaban J connectivity index is 1.38. The first kappa shape index (κ1) is 15.9. The third-order valence-electron chi connectivity index (χ3n) is 6.08. The Bertz CT molecular complexity index is 703. The predicted octanol–water partition coefficient (Wildman–Crippen LogP) is 3.75. The lowest BCUT2D eigenvalue weighted by atomic mass is 9.80. The maximum Gasteiger partial charge on any atom is 0.0624 e. The number of nitrogens with two attached hydrogens (primary N) is 1. The molecule has 2 aliphatic carbocycles. The monoisotopic (exact) mass is 323 g/mol. The maximum absolute atomic E-state index is 6.09. The summed E-state index contributed by atoms with van der Waals surface area (Å²) < 4.78 is 1.90. The molecule has 3 unspecified atom stereocenters. The summed E-state index contributed by atoms with van der Waals surface area (Å²) in [6.07, 6.45) is 11.9. The van der Waals surface area contributed by atoms with E-state index < -0.39 is 0 Å². The number of benzene rings is 1. The van der Waals surface area contributed by atoms with Crippen molar-refractivity contribution in [2.75, 3.05) is 0 Å². The van der Waals surface area contributed by atoms with Gasteiger partial charge in [0.05, 0.1) is 5.69 Å². The largest absolute Gasteiger partial charge is 0.328 e. The van der Waals surface area contributed by atoms with E-state index in [1.165, 1.54) is 56.2 Å². The van der Waals surface area contributed by atoms with Gasteiger partial charge in [0.15, 0.2) is 0 Å². The molecular weight excluding hydrogens is 294 g/mol. The molecule has 0 spiro atoms. The van der Waals surface area contributed by atoms with Crippen LogP contribution in [-0.4, -0.2) is 15.8 Å². The minimum atomic E-state index is 0.419. The van der Waals surface area contributed by atoms with Crippen molar-refractivity contribution in [2.45, 2.75) is 63.3 Å². The summed E-state index contributed by atoms with van der Waals surface area (Å²) in [6, 6.07) is 9.84. The fourth-order valence-corrected chi connectivity index (χ4v) is 4.62. The summed E-state index contributed by atoms with van der Waals surface area (Å²) in [5, 5.41) is 4.51. The van der Waals surface area contributed by atoms with Gasteiger partial charge in [-0.1, -0.05) is 18.2 Å². The molecule has 3 atom stereocenters. The first-order valence-electron chi connectivity index (χ1n) is 9.53. The minimum absolute atomic E-state index is 0.419. The van der Waals surface area contributed by atoms with Crippen LogP contribution in [0.2, 0.25) is 0 Å². The van der Waals surface area contributed by atoms with Crippen LogP contribution in [0.3, 0.4) is 0 Å². The topological polar surface area (TPSA) is 43.8 Å². The van der Waals surface area contributed by atoms with Crippen molar-refractivity contribution in [3.05, 3.63) is 52.8 Å². The van der Waals surface area contributed by atoms with Gasteiger partial charge in [-0.05, 0) is 86.0 Å². The molecule has 0 amide bonds. The van der Waals surface area contributed by atoms with E-state index in [0.29, 0.717) is 12.0 Å². The Morgan fingerprint density at radius 1 is 1.17 bits per heavy atom. The summed E-state index contributed by atoms with van der Waals surface area (Å²) in [5.74, 6) is 1.51. The number of hydrogen-bond donors (Lipinski definition) is 1. The molecule has 2 N–H and O–H groups in total. The van der Waals surface area contributed by atoms with E-state index in [1.807, 2.05) is 17.9 Å². The molecule has 1 saturated carbocycles. The zero-order valence-electron chi connectivity index (χ0n) is 14.7. The van der Waals surface area contributed by atoms with Gasteiger partial charge in [0, 0.05) is 19.3 Å². The molecule has 2 aromatic rings. The van der Waals surface area contributed by atoms with Gasteiger partial charge in [-0.2, -0.15) is 5.10 Å². The lowest BCUT2D eigenvalue weighted by Gasteiger charge is -2.25. The van der Waals surface area contributed by atoms with E-state index in [4.69, 9.17) is 5.73 Å². The Hall–Kier alpha value is -1.61. The van der Waals surface area contributed by atoms with Crippen molar-refractivity contribution in [1.82, 2.24) is 9.78 Å². The van der Waals surface area contributed by atoms with E-state index in [-0.39, 0.29) is 0 Å². The second-order valence-electron chi connectivity index (χ2n) is 7.93. The SMILES string of the molecule is Cn1ccc(CCC2CCc3cc(C4CCC(N)C4)ccc3C2)n1. The fourth-order valence-electron chi connectivity index (χ4n) is 4.62. The Morgan fingerprint density at radius 2 is 2.08 bits per heavy atom. The van der Waals surface area contributed by atoms with Gasteiger partial charge in [-0.25, -0.2) is 0 Å². The standard InChI is InChI=1S/C21H29N3/c1-24-11-10-21(23-24)9-3-15-2-4-17-13-18(6-5-16(17)12-15)19-7-8-20(22)14-19/h5-6,10-11,13,15,19-20H,2-4,7-9,12,14,22H2,1H3. The summed E-state index contributed by atoms with van der Waals surface area (Å²) >= 11 is 0. The molecule has 1 fully saturated rings. The van der Waals surface area contributed by atoms with Crippen molar-refractivity contribution in [1.29, 1.82) is 0 Å². The highest BCUT2D eigenvalue weighted by Gasteiger charge is 2.25. The third-order valence-corrected chi connectivity index (χ3v) is 6.08.